The number of rotatable bonds is 5. The molecule has 2 aromatic heterocycles. The van der Waals surface area contributed by atoms with Crippen LogP contribution in [-0.2, 0) is 0 Å². The minimum Gasteiger partial charge on any atom is -0.208 e. The van der Waals surface area contributed by atoms with Crippen molar-refractivity contribution in [3.8, 4) is 56.4 Å². The number of hydrogen-bond donors (Lipinski definition) is 0. The van der Waals surface area contributed by atoms with Crippen molar-refractivity contribution in [3.63, 3.8) is 0 Å². The summed E-state index contributed by atoms with van der Waals surface area (Å²) in [7, 11) is 0. The zero-order valence-electron chi connectivity index (χ0n) is 35.2. The molecule has 0 unspecified atom stereocenters. The lowest BCUT2D eigenvalue weighted by atomic mass is 9.92. The Kier molecular flexibility index (Phi) is 6.04. The number of benzene rings is 9. The summed E-state index contributed by atoms with van der Waals surface area (Å²) in [6, 6.07) is 49.0. The van der Waals surface area contributed by atoms with Gasteiger partial charge in [0, 0.05) is 36.9 Å². The zero-order valence-corrected chi connectivity index (χ0v) is 30.0. The lowest BCUT2D eigenvalue weighted by Gasteiger charge is -2.12. The SMILES string of the molecule is [2H]c1c(-c2ccc3c4ccccc4c4ccccc4c3c2)c([2H])c2c(sc3c([2H])c(-c4nc(-c5ccccc5)nc(-c5cccc(-c6ccccc6)c5)n4)c([2H])c([2H])c32)c1[2H]. The van der Waals surface area contributed by atoms with E-state index in [4.69, 9.17) is 15.0 Å². The first-order valence-electron chi connectivity index (χ1n) is 21.0. The van der Waals surface area contributed by atoms with Crippen LogP contribution < -0.4 is 0 Å². The largest absolute Gasteiger partial charge is 0.208 e. The van der Waals surface area contributed by atoms with Crippen molar-refractivity contribution in [2.75, 3.05) is 0 Å². The number of hydrogen-bond acceptors (Lipinski definition) is 4. The maximum atomic E-state index is 9.66. The van der Waals surface area contributed by atoms with Gasteiger partial charge in [-0.3, -0.25) is 0 Å². The number of thiophene rings is 1. The van der Waals surface area contributed by atoms with E-state index in [-0.39, 0.29) is 64.0 Å². The molecule has 0 bridgehead atoms. The van der Waals surface area contributed by atoms with E-state index in [0.717, 1.165) is 65.9 Å². The third-order valence-electron chi connectivity index (χ3n) is 10.2. The van der Waals surface area contributed by atoms with E-state index in [1.165, 1.54) is 0 Å². The number of aromatic nitrogens is 3. The molecule has 9 aromatic carbocycles. The van der Waals surface area contributed by atoms with Crippen LogP contribution in [0.3, 0.4) is 0 Å². The molecule has 256 valence electrons. The van der Waals surface area contributed by atoms with Crippen LogP contribution in [-0.4, -0.2) is 15.0 Å². The fourth-order valence-corrected chi connectivity index (χ4v) is 8.48. The van der Waals surface area contributed by atoms with Gasteiger partial charge in [-0.1, -0.05) is 158 Å². The third-order valence-corrected chi connectivity index (χ3v) is 11.2. The van der Waals surface area contributed by atoms with E-state index in [1.807, 2.05) is 127 Å². The maximum absolute atomic E-state index is 9.66. The minimum absolute atomic E-state index is 0.0150. The molecule has 0 saturated carbocycles. The Morgan fingerprint density at radius 3 is 1.55 bits per heavy atom. The van der Waals surface area contributed by atoms with E-state index >= 15 is 0 Å². The van der Waals surface area contributed by atoms with E-state index < -0.39 is 0 Å². The fourth-order valence-electron chi connectivity index (χ4n) is 7.51. The highest BCUT2D eigenvalue weighted by Gasteiger charge is 2.16. The lowest BCUT2D eigenvalue weighted by Crippen LogP contribution is -2.00. The molecule has 3 nitrogen and oxygen atoms in total. The molecule has 0 aliphatic rings. The summed E-state index contributed by atoms with van der Waals surface area (Å²) in [6.07, 6.45) is 0. The Morgan fingerprint density at radius 1 is 0.309 bits per heavy atom. The van der Waals surface area contributed by atoms with Gasteiger partial charge in [-0.2, -0.15) is 0 Å². The van der Waals surface area contributed by atoms with Crippen molar-refractivity contribution < 1.29 is 8.22 Å². The first-order valence-corrected chi connectivity index (χ1v) is 18.9. The van der Waals surface area contributed by atoms with Crippen LogP contribution in [0.4, 0.5) is 0 Å². The minimum atomic E-state index is -0.266. The number of fused-ring (bicyclic) bond motifs is 9. The van der Waals surface area contributed by atoms with Gasteiger partial charge in [0.15, 0.2) is 17.5 Å². The second-order valence-electron chi connectivity index (χ2n) is 13.5. The van der Waals surface area contributed by atoms with Gasteiger partial charge < -0.3 is 0 Å². The van der Waals surface area contributed by atoms with Crippen molar-refractivity contribution in [2.45, 2.75) is 0 Å². The molecule has 0 atom stereocenters. The summed E-state index contributed by atoms with van der Waals surface area (Å²) in [4.78, 5) is 14.6. The molecule has 4 heteroatoms. The first kappa shape index (κ1) is 25.9. The maximum Gasteiger partial charge on any atom is 0.164 e. The highest BCUT2D eigenvalue weighted by molar-refractivity contribution is 7.25. The summed E-state index contributed by atoms with van der Waals surface area (Å²) >= 11 is 1.10. The van der Waals surface area contributed by atoms with E-state index in [2.05, 4.69) is 24.3 Å². The molecular formula is C51H31N3S. The van der Waals surface area contributed by atoms with Crippen LogP contribution in [0, 0.1) is 0 Å². The zero-order chi connectivity index (χ0) is 41.5. The molecule has 11 rings (SSSR count). The van der Waals surface area contributed by atoms with Crippen LogP contribution in [0.15, 0.2) is 188 Å². The predicted molar refractivity (Wildman–Crippen MR) is 232 cm³/mol. The average Bonchev–Trinajstić information content (AvgIpc) is 3.73. The predicted octanol–water partition coefficient (Wildman–Crippen LogP) is 14.0. The topological polar surface area (TPSA) is 38.7 Å². The summed E-state index contributed by atoms with van der Waals surface area (Å²) in [5, 5.41) is 6.93. The van der Waals surface area contributed by atoms with Crippen LogP contribution >= 0.6 is 11.3 Å². The highest BCUT2D eigenvalue weighted by Crippen LogP contribution is 2.41. The summed E-state index contributed by atoms with van der Waals surface area (Å²) in [5.74, 6) is 0.783. The van der Waals surface area contributed by atoms with E-state index in [9.17, 15) is 8.22 Å². The van der Waals surface area contributed by atoms with Gasteiger partial charge in [-0.05, 0) is 84.8 Å². The molecule has 0 aliphatic carbocycles. The molecule has 0 spiro atoms. The molecule has 0 saturated heterocycles. The van der Waals surface area contributed by atoms with E-state index in [0.29, 0.717) is 26.6 Å². The Hall–Kier alpha value is -7.01. The van der Waals surface area contributed by atoms with Gasteiger partial charge in [0.1, 0.15) is 0 Å². The molecule has 0 amide bonds. The molecule has 0 aliphatic heterocycles. The lowest BCUT2D eigenvalue weighted by molar-refractivity contribution is 1.07. The Labute approximate surface area is 330 Å². The number of nitrogens with zero attached hydrogens (tertiary/aromatic N) is 3. The second-order valence-corrected chi connectivity index (χ2v) is 14.5. The van der Waals surface area contributed by atoms with Gasteiger partial charge in [-0.25, -0.2) is 15.0 Å². The van der Waals surface area contributed by atoms with Gasteiger partial charge >= 0.3 is 0 Å². The molecule has 0 N–H and O–H groups in total. The van der Waals surface area contributed by atoms with Gasteiger partial charge in [0.2, 0.25) is 0 Å². The summed E-state index contributed by atoms with van der Waals surface area (Å²) in [6.45, 7) is 0. The Morgan fingerprint density at radius 2 is 0.836 bits per heavy atom. The Balaban J connectivity index is 1.13. The average molecular weight is 724 g/mol. The summed E-state index contributed by atoms with van der Waals surface area (Å²) < 4.78 is 57.4. The highest BCUT2D eigenvalue weighted by atomic mass is 32.1. The van der Waals surface area contributed by atoms with Crippen molar-refractivity contribution in [2.24, 2.45) is 0 Å². The molecule has 55 heavy (non-hydrogen) atoms. The molecule has 11 aromatic rings. The standard InChI is InChI=1S/C51H31N3S/c1-3-12-32(13-4-1)34-16-11-17-37(28-34)50-52-49(33-14-5-2-6-15-33)53-51(54-50)38-23-26-44-46-30-36(24-27-47(46)55-48(44)31-38)35-22-25-43-41-20-8-7-18-39(41)40-19-9-10-21-42(40)45(43)29-35/h1-31H/i23D,24D,26D,27D,30D,31D. The fraction of sp³-hybridized carbons (Fsp3) is 0. The van der Waals surface area contributed by atoms with Gasteiger partial charge in [0.25, 0.3) is 0 Å². The van der Waals surface area contributed by atoms with Crippen molar-refractivity contribution in [1.29, 1.82) is 0 Å². The summed E-state index contributed by atoms with van der Waals surface area (Å²) in [5.41, 5.74) is 4.38. The van der Waals surface area contributed by atoms with E-state index in [1.54, 1.807) is 0 Å². The first-order chi connectivity index (χ1) is 29.8. The Bertz CT molecular complexity index is 3580. The molecular weight excluding hydrogens is 687 g/mol. The molecule has 0 radical (unpaired) electrons. The van der Waals surface area contributed by atoms with Gasteiger partial charge in [0.05, 0.1) is 8.22 Å². The van der Waals surface area contributed by atoms with Gasteiger partial charge in [-0.15, -0.1) is 11.3 Å². The monoisotopic (exact) mass is 723 g/mol. The quantitative estimate of drug-likeness (QED) is 0.166. The molecule has 2 heterocycles. The van der Waals surface area contributed by atoms with Crippen LogP contribution in [0.2, 0.25) is 0 Å². The van der Waals surface area contributed by atoms with Crippen LogP contribution in [0.1, 0.15) is 8.22 Å². The second kappa shape index (κ2) is 12.8. The van der Waals surface area contributed by atoms with Crippen LogP contribution in [0.5, 0.6) is 0 Å². The van der Waals surface area contributed by atoms with Crippen LogP contribution in [0.25, 0.3) is 109 Å². The van der Waals surface area contributed by atoms with Crippen molar-refractivity contribution in [3.05, 3.63) is 188 Å². The smallest absolute Gasteiger partial charge is 0.164 e. The normalized spacial score (nSPS) is 13.2. The third kappa shape index (κ3) is 5.46. The van der Waals surface area contributed by atoms with Crippen molar-refractivity contribution >= 4 is 63.8 Å². The molecule has 0 fully saturated rings. The van der Waals surface area contributed by atoms with Crippen molar-refractivity contribution in [1.82, 2.24) is 15.0 Å².